The first-order valence-corrected chi connectivity index (χ1v) is 7.57. The maximum atomic E-state index is 12.3. The number of nitrogens with one attached hydrogen (secondary N) is 1. The van der Waals surface area contributed by atoms with Gasteiger partial charge in [0.15, 0.2) is 0 Å². The van der Waals surface area contributed by atoms with Crippen molar-refractivity contribution in [2.24, 2.45) is 5.92 Å². The Labute approximate surface area is 130 Å². The minimum atomic E-state index is -0.198. The Balaban J connectivity index is 1.80. The first-order chi connectivity index (χ1) is 10.6. The minimum absolute atomic E-state index is 0.198. The summed E-state index contributed by atoms with van der Waals surface area (Å²) in [6, 6.07) is 6.29. The smallest absolute Gasteiger partial charge is 0.328 e. The summed E-state index contributed by atoms with van der Waals surface area (Å²) in [5.74, 6) is 6.28. The summed E-state index contributed by atoms with van der Waals surface area (Å²) in [5.41, 5.74) is 2.79. The molecule has 114 valence electrons. The Morgan fingerprint density at radius 3 is 2.95 bits per heavy atom. The molecular formula is C17H20N4O. The molecule has 0 spiro atoms. The van der Waals surface area contributed by atoms with Gasteiger partial charge in [-0.2, -0.15) is 0 Å². The van der Waals surface area contributed by atoms with Crippen LogP contribution in [0.2, 0.25) is 0 Å². The number of anilines is 1. The largest absolute Gasteiger partial charge is 0.363 e. The standard InChI is InChI=1S/C17H20N4O/c1-12(2)6-5-9-18-17(22)21-11-19-16-14(20-10-13(20)3)7-4-8-15(16)21/h4,7-8,11-13H,9-10H2,1-3H3,(H,18,22). The van der Waals surface area contributed by atoms with Gasteiger partial charge in [-0.25, -0.2) is 9.78 Å². The number of imidazole rings is 1. The van der Waals surface area contributed by atoms with Crippen molar-refractivity contribution in [3.63, 3.8) is 0 Å². The number of fused-ring (bicyclic) bond motifs is 1. The van der Waals surface area contributed by atoms with Gasteiger partial charge < -0.3 is 10.2 Å². The average molecular weight is 296 g/mol. The molecule has 1 unspecified atom stereocenters. The molecule has 0 radical (unpaired) electrons. The third-order valence-corrected chi connectivity index (χ3v) is 3.66. The van der Waals surface area contributed by atoms with Crippen molar-refractivity contribution in [1.29, 1.82) is 0 Å². The highest BCUT2D eigenvalue weighted by molar-refractivity contribution is 5.96. The Morgan fingerprint density at radius 2 is 2.27 bits per heavy atom. The van der Waals surface area contributed by atoms with Crippen LogP contribution in [0.4, 0.5) is 10.5 Å². The third kappa shape index (κ3) is 2.77. The van der Waals surface area contributed by atoms with E-state index in [1.54, 1.807) is 10.9 Å². The second-order valence-corrected chi connectivity index (χ2v) is 5.90. The van der Waals surface area contributed by atoms with E-state index in [4.69, 9.17) is 0 Å². The van der Waals surface area contributed by atoms with Crippen LogP contribution in [0.1, 0.15) is 20.8 Å². The highest BCUT2D eigenvalue weighted by Gasteiger charge is 2.31. The molecule has 1 amide bonds. The van der Waals surface area contributed by atoms with Crippen LogP contribution in [0, 0.1) is 17.8 Å². The maximum Gasteiger partial charge on any atom is 0.328 e. The molecule has 2 aromatic rings. The molecule has 0 bridgehead atoms. The summed E-state index contributed by atoms with van der Waals surface area (Å²) in [4.78, 5) is 18.9. The van der Waals surface area contributed by atoms with Crippen LogP contribution in [-0.4, -0.2) is 34.7 Å². The van der Waals surface area contributed by atoms with E-state index in [0.717, 1.165) is 23.3 Å². The van der Waals surface area contributed by atoms with E-state index < -0.39 is 0 Å². The van der Waals surface area contributed by atoms with Crippen LogP contribution in [0.3, 0.4) is 0 Å². The number of carbonyl (C=O) groups excluding carboxylic acids is 1. The molecule has 3 rings (SSSR count). The van der Waals surface area contributed by atoms with Crippen molar-refractivity contribution < 1.29 is 4.79 Å². The van der Waals surface area contributed by atoms with Crippen LogP contribution in [0.15, 0.2) is 24.5 Å². The van der Waals surface area contributed by atoms with Crippen LogP contribution < -0.4 is 10.2 Å². The maximum absolute atomic E-state index is 12.3. The molecule has 22 heavy (non-hydrogen) atoms. The molecule has 0 saturated carbocycles. The van der Waals surface area contributed by atoms with E-state index in [-0.39, 0.29) is 6.03 Å². The lowest BCUT2D eigenvalue weighted by Crippen LogP contribution is -2.28. The second-order valence-electron chi connectivity index (χ2n) is 5.90. The zero-order chi connectivity index (χ0) is 15.7. The molecule has 5 heteroatoms. The molecule has 2 heterocycles. The van der Waals surface area contributed by atoms with Gasteiger partial charge in [-0.1, -0.05) is 31.8 Å². The Morgan fingerprint density at radius 1 is 1.50 bits per heavy atom. The lowest BCUT2D eigenvalue weighted by Gasteiger charge is -2.06. The van der Waals surface area contributed by atoms with Crippen molar-refractivity contribution in [3.8, 4) is 11.8 Å². The Bertz CT molecular complexity index is 766. The normalized spacial score (nSPS) is 16.5. The van der Waals surface area contributed by atoms with Gasteiger partial charge in [0, 0.05) is 18.5 Å². The van der Waals surface area contributed by atoms with Crippen molar-refractivity contribution in [2.75, 3.05) is 18.0 Å². The fourth-order valence-electron chi connectivity index (χ4n) is 2.45. The fourth-order valence-corrected chi connectivity index (χ4v) is 2.45. The predicted octanol–water partition coefficient (Wildman–Crippen LogP) is 2.46. The van der Waals surface area contributed by atoms with Crippen molar-refractivity contribution in [1.82, 2.24) is 14.9 Å². The molecule has 1 saturated heterocycles. The van der Waals surface area contributed by atoms with Crippen molar-refractivity contribution >= 4 is 22.8 Å². The summed E-state index contributed by atoms with van der Waals surface area (Å²) in [5, 5.41) is 2.80. The number of amides is 1. The highest BCUT2D eigenvalue weighted by Crippen LogP contribution is 2.33. The van der Waals surface area contributed by atoms with E-state index in [1.807, 2.05) is 26.0 Å². The number of nitrogens with zero attached hydrogens (tertiary/aromatic N) is 3. The second kappa shape index (κ2) is 5.72. The van der Waals surface area contributed by atoms with Crippen LogP contribution in [0.5, 0.6) is 0 Å². The zero-order valence-electron chi connectivity index (χ0n) is 13.1. The van der Waals surface area contributed by atoms with E-state index >= 15 is 0 Å². The monoisotopic (exact) mass is 296 g/mol. The number of aromatic nitrogens is 2. The van der Waals surface area contributed by atoms with Gasteiger partial charge >= 0.3 is 6.03 Å². The highest BCUT2D eigenvalue weighted by atomic mass is 16.2. The summed E-state index contributed by atoms with van der Waals surface area (Å²) in [7, 11) is 0. The molecule has 1 fully saturated rings. The molecule has 1 atom stereocenters. The first kappa shape index (κ1) is 14.5. The Kier molecular flexibility index (Phi) is 3.76. The topological polar surface area (TPSA) is 49.9 Å². The summed E-state index contributed by atoms with van der Waals surface area (Å²) < 4.78 is 1.55. The first-order valence-electron chi connectivity index (χ1n) is 7.57. The van der Waals surface area contributed by atoms with E-state index in [1.165, 1.54) is 0 Å². The molecule has 5 nitrogen and oxygen atoms in total. The van der Waals surface area contributed by atoms with Gasteiger partial charge in [-0.3, -0.25) is 4.57 Å². The molecule has 1 N–H and O–H groups in total. The summed E-state index contributed by atoms with van der Waals surface area (Å²) in [6.07, 6.45) is 1.58. The quantitative estimate of drug-likeness (QED) is 0.684. The Hall–Kier alpha value is -2.48. The van der Waals surface area contributed by atoms with Gasteiger partial charge in [-0.15, -0.1) is 0 Å². The number of hydrogen-bond donors (Lipinski definition) is 1. The van der Waals surface area contributed by atoms with E-state index in [2.05, 4.69) is 40.0 Å². The summed E-state index contributed by atoms with van der Waals surface area (Å²) >= 11 is 0. The van der Waals surface area contributed by atoms with Gasteiger partial charge in [-0.05, 0) is 19.1 Å². The van der Waals surface area contributed by atoms with Crippen molar-refractivity contribution in [2.45, 2.75) is 26.8 Å². The number of para-hydroxylation sites is 1. The summed E-state index contributed by atoms with van der Waals surface area (Å²) in [6.45, 7) is 7.61. The van der Waals surface area contributed by atoms with Gasteiger partial charge in [0.1, 0.15) is 11.8 Å². The predicted molar refractivity (Wildman–Crippen MR) is 88.0 cm³/mol. The number of carbonyl (C=O) groups is 1. The lowest BCUT2D eigenvalue weighted by molar-refractivity contribution is 0.244. The molecule has 1 aromatic carbocycles. The lowest BCUT2D eigenvalue weighted by atomic mass is 10.2. The number of hydrogen-bond acceptors (Lipinski definition) is 3. The van der Waals surface area contributed by atoms with E-state index in [0.29, 0.717) is 18.5 Å². The number of rotatable bonds is 2. The molecule has 1 aliphatic heterocycles. The number of benzene rings is 1. The van der Waals surface area contributed by atoms with Gasteiger partial charge in [0.05, 0.1) is 17.7 Å². The zero-order valence-corrected chi connectivity index (χ0v) is 13.1. The van der Waals surface area contributed by atoms with Gasteiger partial charge in [0.25, 0.3) is 0 Å². The van der Waals surface area contributed by atoms with Crippen LogP contribution >= 0.6 is 0 Å². The van der Waals surface area contributed by atoms with Gasteiger partial charge in [0.2, 0.25) is 0 Å². The third-order valence-electron chi connectivity index (χ3n) is 3.66. The minimum Gasteiger partial charge on any atom is -0.363 e. The molecule has 1 aliphatic rings. The average Bonchev–Trinajstić information content (AvgIpc) is 3.05. The molecular weight excluding hydrogens is 276 g/mol. The van der Waals surface area contributed by atoms with Crippen LogP contribution in [-0.2, 0) is 0 Å². The van der Waals surface area contributed by atoms with E-state index in [9.17, 15) is 4.79 Å². The van der Waals surface area contributed by atoms with Crippen molar-refractivity contribution in [3.05, 3.63) is 24.5 Å². The fraction of sp³-hybridized carbons (Fsp3) is 0.412. The molecule has 0 aliphatic carbocycles. The molecule has 1 aromatic heterocycles. The van der Waals surface area contributed by atoms with Crippen LogP contribution in [0.25, 0.3) is 11.0 Å². The SMILES string of the molecule is CC(C)C#CCNC(=O)n1cnc2c(N3CC3C)cccc21.